The van der Waals surface area contributed by atoms with Crippen LogP contribution in [0.2, 0.25) is 0 Å². The maximum absolute atomic E-state index is 12.1. The summed E-state index contributed by atoms with van der Waals surface area (Å²) < 4.78 is 4.10. The van der Waals surface area contributed by atoms with Crippen LogP contribution >= 0.6 is 0 Å². The molecule has 1 saturated carbocycles. The van der Waals surface area contributed by atoms with E-state index in [1.54, 1.807) is 0 Å². The van der Waals surface area contributed by atoms with E-state index in [1.807, 2.05) is 17.1 Å². The number of fused-ring (bicyclic) bond motifs is 1. The fourth-order valence-electron chi connectivity index (χ4n) is 3.78. The smallest absolute Gasteiger partial charge is 0.220 e. The maximum Gasteiger partial charge on any atom is 0.220 e. The van der Waals surface area contributed by atoms with Gasteiger partial charge in [-0.2, -0.15) is 10.2 Å². The molecule has 0 saturated heterocycles. The minimum absolute atomic E-state index is 0.201. The summed E-state index contributed by atoms with van der Waals surface area (Å²) in [6.07, 6.45) is 9.10. The number of carbonyl (C=O) groups is 1. The van der Waals surface area contributed by atoms with Gasteiger partial charge >= 0.3 is 0 Å². The van der Waals surface area contributed by atoms with Crippen molar-refractivity contribution in [3.8, 4) is 0 Å². The summed E-state index contributed by atoms with van der Waals surface area (Å²) in [6.45, 7) is 8.54. The molecular weight excluding hydrogens is 340 g/mol. The molecule has 7 nitrogen and oxygen atoms in total. The zero-order chi connectivity index (χ0) is 18.8. The van der Waals surface area contributed by atoms with Crippen molar-refractivity contribution in [3.05, 3.63) is 35.9 Å². The molecule has 1 fully saturated rings. The van der Waals surface area contributed by atoms with Crippen molar-refractivity contribution >= 4 is 5.91 Å². The van der Waals surface area contributed by atoms with E-state index in [1.165, 1.54) is 24.1 Å². The van der Waals surface area contributed by atoms with Gasteiger partial charge in [-0.15, -0.1) is 0 Å². The van der Waals surface area contributed by atoms with E-state index >= 15 is 0 Å². The highest BCUT2D eigenvalue weighted by Gasteiger charge is 2.26. The summed E-state index contributed by atoms with van der Waals surface area (Å²) >= 11 is 0. The second-order valence-corrected chi connectivity index (χ2v) is 8.41. The first-order valence-electron chi connectivity index (χ1n) is 10.1. The van der Waals surface area contributed by atoms with Crippen molar-refractivity contribution < 1.29 is 4.79 Å². The molecule has 0 unspecified atom stereocenters. The van der Waals surface area contributed by atoms with Gasteiger partial charge in [-0.25, -0.2) is 0 Å². The number of nitrogens with one attached hydrogen (secondary N) is 1. The molecule has 146 valence electrons. The third-order valence-corrected chi connectivity index (χ3v) is 5.49. The van der Waals surface area contributed by atoms with E-state index in [2.05, 4.69) is 51.2 Å². The van der Waals surface area contributed by atoms with Crippen molar-refractivity contribution in [2.75, 3.05) is 13.1 Å². The molecule has 0 spiro atoms. The molecule has 1 N–H and O–H groups in total. The Hall–Kier alpha value is -2.15. The van der Waals surface area contributed by atoms with E-state index in [9.17, 15) is 4.79 Å². The van der Waals surface area contributed by atoms with Gasteiger partial charge in [0.05, 0.1) is 11.9 Å². The van der Waals surface area contributed by atoms with Crippen LogP contribution in [0, 0.1) is 11.8 Å². The summed E-state index contributed by atoms with van der Waals surface area (Å²) in [5, 5.41) is 12.1. The Labute approximate surface area is 160 Å². The Kier molecular flexibility index (Phi) is 5.29. The van der Waals surface area contributed by atoms with Crippen LogP contribution < -0.4 is 5.32 Å². The lowest BCUT2D eigenvalue weighted by molar-refractivity contribution is -0.121. The van der Waals surface area contributed by atoms with Crippen molar-refractivity contribution in [2.24, 2.45) is 11.8 Å². The number of carbonyl (C=O) groups excluding carboxylic acids is 1. The molecule has 2 aromatic rings. The van der Waals surface area contributed by atoms with E-state index < -0.39 is 0 Å². The highest BCUT2D eigenvalue weighted by atomic mass is 16.1. The van der Waals surface area contributed by atoms with Gasteiger partial charge in [-0.1, -0.05) is 0 Å². The summed E-state index contributed by atoms with van der Waals surface area (Å²) in [5.41, 5.74) is 2.46. The van der Waals surface area contributed by atoms with Gasteiger partial charge in [-0.3, -0.25) is 19.1 Å². The Bertz CT molecular complexity index is 775. The molecule has 1 atom stereocenters. The van der Waals surface area contributed by atoms with Crippen LogP contribution in [-0.4, -0.2) is 43.5 Å². The minimum Gasteiger partial charge on any atom is -0.356 e. The van der Waals surface area contributed by atoms with Crippen molar-refractivity contribution in [2.45, 2.75) is 58.8 Å². The molecule has 4 rings (SSSR count). The van der Waals surface area contributed by atoms with Gasteiger partial charge in [0.1, 0.15) is 0 Å². The van der Waals surface area contributed by atoms with Crippen LogP contribution in [-0.2, 0) is 24.4 Å². The summed E-state index contributed by atoms with van der Waals surface area (Å²) in [6, 6.07) is 2.47. The third-order valence-electron chi connectivity index (χ3n) is 5.49. The number of rotatable bonds is 7. The largest absolute Gasteiger partial charge is 0.356 e. The number of amides is 1. The van der Waals surface area contributed by atoms with Gasteiger partial charge in [0.2, 0.25) is 5.91 Å². The SMILES string of the molecule is CC(C)n1cc(CN2Cc3ccnn3C[C@@H](CNC(=O)CC3CC3)C2)cn1. The fourth-order valence-corrected chi connectivity index (χ4v) is 3.78. The number of hydrogen-bond donors (Lipinski definition) is 1. The molecule has 3 heterocycles. The van der Waals surface area contributed by atoms with Crippen molar-refractivity contribution in [1.29, 1.82) is 0 Å². The van der Waals surface area contributed by atoms with Crippen molar-refractivity contribution in [1.82, 2.24) is 29.8 Å². The molecule has 0 radical (unpaired) electrons. The molecule has 0 bridgehead atoms. The number of aromatic nitrogens is 4. The van der Waals surface area contributed by atoms with Crippen LogP contribution in [0.3, 0.4) is 0 Å². The Morgan fingerprint density at radius 1 is 1.26 bits per heavy atom. The lowest BCUT2D eigenvalue weighted by Crippen LogP contribution is -2.36. The molecule has 1 amide bonds. The first kappa shape index (κ1) is 18.2. The highest BCUT2D eigenvalue weighted by molar-refractivity contribution is 5.76. The second-order valence-electron chi connectivity index (χ2n) is 8.41. The number of hydrogen-bond acceptors (Lipinski definition) is 4. The van der Waals surface area contributed by atoms with E-state index in [0.29, 0.717) is 30.8 Å². The first-order valence-corrected chi connectivity index (χ1v) is 10.1. The Morgan fingerprint density at radius 3 is 2.85 bits per heavy atom. The molecule has 1 aliphatic heterocycles. The Balaban J connectivity index is 1.40. The molecule has 2 aliphatic rings. The second kappa shape index (κ2) is 7.84. The van der Waals surface area contributed by atoms with Crippen LogP contribution in [0.4, 0.5) is 0 Å². The molecular formula is C20H30N6O. The van der Waals surface area contributed by atoms with Gasteiger partial charge < -0.3 is 5.32 Å². The molecule has 27 heavy (non-hydrogen) atoms. The quantitative estimate of drug-likeness (QED) is 0.811. The van der Waals surface area contributed by atoms with Crippen LogP contribution in [0.1, 0.15) is 50.4 Å². The first-order chi connectivity index (χ1) is 13.1. The van der Waals surface area contributed by atoms with Gasteiger partial charge in [0, 0.05) is 69.1 Å². The lowest BCUT2D eigenvalue weighted by Gasteiger charge is -2.23. The molecule has 0 aromatic carbocycles. The minimum atomic E-state index is 0.201. The summed E-state index contributed by atoms with van der Waals surface area (Å²) in [4.78, 5) is 14.5. The molecule has 1 aliphatic carbocycles. The average Bonchev–Trinajstić information content (AvgIpc) is 3.18. The zero-order valence-corrected chi connectivity index (χ0v) is 16.3. The molecule has 7 heteroatoms. The third kappa shape index (κ3) is 4.77. The highest BCUT2D eigenvalue weighted by Crippen LogP contribution is 2.32. The van der Waals surface area contributed by atoms with E-state index in [4.69, 9.17) is 0 Å². The zero-order valence-electron chi connectivity index (χ0n) is 16.3. The number of nitrogens with zero attached hydrogens (tertiary/aromatic N) is 5. The predicted octanol–water partition coefficient (Wildman–Crippen LogP) is 2.21. The predicted molar refractivity (Wildman–Crippen MR) is 103 cm³/mol. The summed E-state index contributed by atoms with van der Waals surface area (Å²) in [7, 11) is 0. The van der Waals surface area contributed by atoms with Gasteiger partial charge in [0.25, 0.3) is 0 Å². The maximum atomic E-state index is 12.1. The summed E-state index contributed by atoms with van der Waals surface area (Å²) in [5.74, 6) is 1.19. The van der Waals surface area contributed by atoms with Gasteiger partial charge in [0.15, 0.2) is 0 Å². The van der Waals surface area contributed by atoms with Crippen LogP contribution in [0.25, 0.3) is 0 Å². The van der Waals surface area contributed by atoms with E-state index in [-0.39, 0.29) is 5.91 Å². The lowest BCUT2D eigenvalue weighted by atomic mass is 10.1. The van der Waals surface area contributed by atoms with Crippen molar-refractivity contribution in [3.63, 3.8) is 0 Å². The van der Waals surface area contributed by atoms with Crippen LogP contribution in [0.5, 0.6) is 0 Å². The van der Waals surface area contributed by atoms with Crippen LogP contribution in [0.15, 0.2) is 24.7 Å². The standard InChI is InChI=1S/C20H30N6O/c1-15(2)25-12-18(9-23-25)11-24-10-17(8-21-20(27)7-16-3-4-16)13-26-19(14-24)5-6-22-26/h5-6,9,12,15-17H,3-4,7-8,10-11,13-14H2,1-2H3,(H,21,27)/t17-/m0/s1. The molecule has 2 aromatic heterocycles. The van der Waals surface area contributed by atoms with E-state index in [0.717, 1.165) is 26.2 Å². The fraction of sp³-hybridized carbons (Fsp3) is 0.650. The van der Waals surface area contributed by atoms with Gasteiger partial charge in [-0.05, 0) is 38.7 Å². The topological polar surface area (TPSA) is 68.0 Å². The average molecular weight is 371 g/mol. The normalized spacial score (nSPS) is 20.5. The monoisotopic (exact) mass is 370 g/mol. The Morgan fingerprint density at radius 2 is 2.11 bits per heavy atom.